The zero-order valence-electron chi connectivity index (χ0n) is 14.4. The lowest BCUT2D eigenvalue weighted by atomic mass is 10.1. The highest BCUT2D eigenvalue weighted by molar-refractivity contribution is 5.33. The summed E-state index contributed by atoms with van der Waals surface area (Å²) in [6.07, 6.45) is 5.78. The Morgan fingerprint density at radius 2 is 1.83 bits per heavy atom. The zero-order valence-corrected chi connectivity index (χ0v) is 14.4. The number of para-hydroxylation sites is 1. The van der Waals surface area contributed by atoms with Crippen LogP contribution in [0.1, 0.15) is 30.9 Å². The number of aryl methyl sites for hydroxylation is 1. The fraction of sp³-hybridized carbons (Fsp3) is 0.474. The standard InChI is InChI=1S/C19H25N3O2/c1-3-23-18-7-5-4-6-16(18)14-22-10-8-17(9-11-22)24-19-20-12-15(2)13-21-19/h4-7,12-13,17H,3,8-11,14H2,1-2H3. The van der Waals surface area contributed by atoms with Crippen LogP contribution in [0.5, 0.6) is 11.8 Å². The number of piperidine rings is 1. The summed E-state index contributed by atoms with van der Waals surface area (Å²) in [4.78, 5) is 10.9. The van der Waals surface area contributed by atoms with Gasteiger partial charge in [-0.15, -0.1) is 0 Å². The van der Waals surface area contributed by atoms with Gasteiger partial charge in [0.2, 0.25) is 0 Å². The number of benzene rings is 1. The van der Waals surface area contributed by atoms with Gasteiger partial charge in [0.15, 0.2) is 0 Å². The fourth-order valence-electron chi connectivity index (χ4n) is 2.95. The molecule has 0 radical (unpaired) electrons. The second-order valence-corrected chi connectivity index (χ2v) is 6.18. The minimum absolute atomic E-state index is 0.200. The van der Waals surface area contributed by atoms with E-state index in [1.54, 1.807) is 12.4 Å². The highest BCUT2D eigenvalue weighted by Gasteiger charge is 2.22. The average Bonchev–Trinajstić information content (AvgIpc) is 2.61. The lowest BCUT2D eigenvalue weighted by molar-refractivity contribution is 0.0887. The number of likely N-dealkylation sites (tertiary alicyclic amines) is 1. The van der Waals surface area contributed by atoms with Gasteiger partial charge in [-0.1, -0.05) is 18.2 Å². The van der Waals surface area contributed by atoms with E-state index >= 15 is 0 Å². The molecule has 1 aliphatic heterocycles. The molecule has 24 heavy (non-hydrogen) atoms. The van der Waals surface area contributed by atoms with E-state index in [-0.39, 0.29) is 6.10 Å². The molecular weight excluding hydrogens is 302 g/mol. The maximum absolute atomic E-state index is 5.90. The monoisotopic (exact) mass is 327 g/mol. The van der Waals surface area contributed by atoms with E-state index in [9.17, 15) is 0 Å². The lowest BCUT2D eigenvalue weighted by Gasteiger charge is -2.31. The van der Waals surface area contributed by atoms with Gasteiger partial charge >= 0.3 is 6.01 Å². The molecule has 0 unspecified atom stereocenters. The van der Waals surface area contributed by atoms with Crippen molar-refractivity contribution in [3.8, 4) is 11.8 Å². The van der Waals surface area contributed by atoms with Crippen molar-refractivity contribution in [2.24, 2.45) is 0 Å². The van der Waals surface area contributed by atoms with Crippen molar-refractivity contribution in [1.29, 1.82) is 0 Å². The Bertz CT molecular complexity index is 637. The van der Waals surface area contributed by atoms with Gasteiger partial charge < -0.3 is 9.47 Å². The number of hydrogen-bond donors (Lipinski definition) is 0. The zero-order chi connectivity index (χ0) is 16.8. The fourth-order valence-corrected chi connectivity index (χ4v) is 2.95. The smallest absolute Gasteiger partial charge is 0.316 e. The Morgan fingerprint density at radius 3 is 2.54 bits per heavy atom. The quantitative estimate of drug-likeness (QED) is 0.815. The molecule has 1 aromatic heterocycles. The van der Waals surface area contributed by atoms with Gasteiger partial charge in [0.05, 0.1) is 6.61 Å². The van der Waals surface area contributed by atoms with Gasteiger partial charge in [0.1, 0.15) is 11.9 Å². The molecule has 0 aliphatic carbocycles. The van der Waals surface area contributed by atoms with Crippen molar-refractivity contribution in [3.05, 3.63) is 47.8 Å². The van der Waals surface area contributed by atoms with E-state index in [1.165, 1.54) is 5.56 Å². The van der Waals surface area contributed by atoms with Gasteiger partial charge in [-0.05, 0) is 38.3 Å². The van der Waals surface area contributed by atoms with Crippen LogP contribution in [0, 0.1) is 6.92 Å². The molecule has 1 aliphatic rings. The summed E-state index contributed by atoms with van der Waals surface area (Å²) in [7, 11) is 0. The van der Waals surface area contributed by atoms with Crippen LogP contribution in [0.2, 0.25) is 0 Å². The van der Waals surface area contributed by atoms with E-state index in [1.807, 2.05) is 26.0 Å². The van der Waals surface area contributed by atoms with Gasteiger partial charge in [0, 0.05) is 37.6 Å². The molecule has 1 fully saturated rings. The molecular formula is C19H25N3O2. The normalized spacial score (nSPS) is 16.1. The van der Waals surface area contributed by atoms with Crippen LogP contribution < -0.4 is 9.47 Å². The first-order chi connectivity index (χ1) is 11.7. The first-order valence-corrected chi connectivity index (χ1v) is 8.63. The average molecular weight is 327 g/mol. The molecule has 0 saturated carbocycles. The molecule has 0 atom stereocenters. The third-order valence-corrected chi connectivity index (χ3v) is 4.23. The second-order valence-electron chi connectivity index (χ2n) is 6.18. The van der Waals surface area contributed by atoms with E-state index < -0.39 is 0 Å². The number of ether oxygens (including phenoxy) is 2. The Hall–Kier alpha value is -2.14. The van der Waals surface area contributed by atoms with Gasteiger partial charge in [-0.25, -0.2) is 9.97 Å². The summed E-state index contributed by atoms with van der Waals surface area (Å²) in [5.41, 5.74) is 2.30. The van der Waals surface area contributed by atoms with E-state index in [4.69, 9.17) is 9.47 Å². The van der Waals surface area contributed by atoms with Crippen LogP contribution in [0.3, 0.4) is 0 Å². The van der Waals surface area contributed by atoms with E-state index in [0.29, 0.717) is 12.6 Å². The largest absolute Gasteiger partial charge is 0.494 e. The molecule has 5 heteroatoms. The van der Waals surface area contributed by atoms with Crippen molar-refractivity contribution >= 4 is 0 Å². The van der Waals surface area contributed by atoms with Crippen LogP contribution in [0.4, 0.5) is 0 Å². The van der Waals surface area contributed by atoms with Crippen LogP contribution in [-0.2, 0) is 6.54 Å². The summed E-state index contributed by atoms with van der Waals surface area (Å²) in [6.45, 7) is 7.64. The van der Waals surface area contributed by atoms with Crippen LogP contribution in [0.15, 0.2) is 36.7 Å². The second kappa shape index (κ2) is 8.11. The predicted molar refractivity (Wildman–Crippen MR) is 93.3 cm³/mol. The first kappa shape index (κ1) is 16.7. The summed E-state index contributed by atoms with van der Waals surface area (Å²) in [6, 6.07) is 8.77. The molecule has 0 bridgehead atoms. The number of rotatable bonds is 6. The first-order valence-electron chi connectivity index (χ1n) is 8.63. The van der Waals surface area contributed by atoms with E-state index in [2.05, 4.69) is 27.0 Å². The Labute approximate surface area is 143 Å². The highest BCUT2D eigenvalue weighted by Crippen LogP contribution is 2.23. The summed E-state index contributed by atoms with van der Waals surface area (Å²) >= 11 is 0. The molecule has 2 aromatic rings. The molecule has 0 spiro atoms. The maximum atomic E-state index is 5.90. The number of nitrogens with zero attached hydrogens (tertiary/aromatic N) is 3. The highest BCUT2D eigenvalue weighted by atomic mass is 16.5. The van der Waals surface area contributed by atoms with Crippen molar-refractivity contribution in [1.82, 2.24) is 14.9 Å². The van der Waals surface area contributed by atoms with Crippen molar-refractivity contribution in [3.63, 3.8) is 0 Å². The SMILES string of the molecule is CCOc1ccccc1CN1CCC(Oc2ncc(C)cn2)CC1. The topological polar surface area (TPSA) is 47.5 Å². The number of aromatic nitrogens is 2. The third kappa shape index (κ3) is 4.45. The summed E-state index contributed by atoms with van der Waals surface area (Å²) in [5.74, 6) is 0.992. The van der Waals surface area contributed by atoms with Crippen molar-refractivity contribution in [2.75, 3.05) is 19.7 Å². The van der Waals surface area contributed by atoms with Crippen molar-refractivity contribution < 1.29 is 9.47 Å². The summed E-state index contributed by atoms with van der Waals surface area (Å²) < 4.78 is 11.6. The van der Waals surface area contributed by atoms with Crippen LogP contribution >= 0.6 is 0 Å². The summed E-state index contributed by atoms with van der Waals surface area (Å²) in [5, 5.41) is 0. The molecule has 1 aromatic carbocycles. The number of hydrogen-bond acceptors (Lipinski definition) is 5. The molecule has 0 N–H and O–H groups in total. The van der Waals surface area contributed by atoms with E-state index in [0.717, 1.165) is 43.8 Å². The Balaban J connectivity index is 1.51. The maximum Gasteiger partial charge on any atom is 0.316 e. The van der Waals surface area contributed by atoms with Gasteiger partial charge in [-0.2, -0.15) is 0 Å². The molecule has 0 amide bonds. The molecule has 128 valence electrons. The third-order valence-electron chi connectivity index (χ3n) is 4.23. The van der Waals surface area contributed by atoms with Gasteiger partial charge in [-0.3, -0.25) is 4.90 Å². The minimum Gasteiger partial charge on any atom is -0.494 e. The minimum atomic E-state index is 0.200. The Morgan fingerprint density at radius 1 is 1.12 bits per heavy atom. The molecule has 2 heterocycles. The van der Waals surface area contributed by atoms with Crippen LogP contribution in [-0.4, -0.2) is 40.7 Å². The lowest BCUT2D eigenvalue weighted by Crippen LogP contribution is -2.38. The Kier molecular flexibility index (Phi) is 5.64. The van der Waals surface area contributed by atoms with Gasteiger partial charge in [0.25, 0.3) is 0 Å². The molecule has 1 saturated heterocycles. The van der Waals surface area contributed by atoms with Crippen LogP contribution in [0.25, 0.3) is 0 Å². The molecule has 5 nitrogen and oxygen atoms in total. The van der Waals surface area contributed by atoms with Crippen molar-refractivity contribution in [2.45, 2.75) is 39.3 Å². The predicted octanol–water partition coefficient (Wildman–Crippen LogP) is 3.23. The molecule has 3 rings (SSSR count).